The summed E-state index contributed by atoms with van der Waals surface area (Å²) < 4.78 is 13.6. The van der Waals surface area contributed by atoms with Crippen molar-refractivity contribution in [3.8, 4) is 0 Å². The van der Waals surface area contributed by atoms with Crippen LogP contribution in [-0.2, 0) is 0 Å². The Morgan fingerprint density at radius 3 is 3.00 bits per heavy atom. The Morgan fingerprint density at radius 1 is 1.39 bits per heavy atom. The average molecular weight is 419 g/mol. The zero-order valence-electron chi connectivity index (χ0n) is 15.6. The van der Waals surface area contributed by atoms with Crippen LogP contribution in [0.25, 0.3) is 10.2 Å². The minimum atomic E-state index is -0.460. The van der Waals surface area contributed by atoms with Gasteiger partial charge in [0.1, 0.15) is 22.8 Å². The SMILES string of the molecule is Cc1sc2ncnc(N3CCCC(C)C3)c2c1C(=O)Nc1cc(F)ccc1Cl. The van der Waals surface area contributed by atoms with Crippen molar-refractivity contribution < 1.29 is 9.18 Å². The lowest BCUT2D eigenvalue weighted by atomic mass is 10.00. The predicted octanol–water partition coefficient (Wildman–Crippen LogP) is 5.28. The lowest BCUT2D eigenvalue weighted by Crippen LogP contribution is -2.35. The van der Waals surface area contributed by atoms with E-state index in [1.165, 1.54) is 36.0 Å². The van der Waals surface area contributed by atoms with Gasteiger partial charge in [0, 0.05) is 18.0 Å². The lowest BCUT2D eigenvalue weighted by Gasteiger charge is -2.32. The zero-order valence-corrected chi connectivity index (χ0v) is 17.2. The van der Waals surface area contributed by atoms with Gasteiger partial charge < -0.3 is 10.2 Å². The van der Waals surface area contributed by atoms with Gasteiger partial charge in [-0.3, -0.25) is 4.79 Å². The highest BCUT2D eigenvalue weighted by molar-refractivity contribution is 7.19. The largest absolute Gasteiger partial charge is 0.356 e. The molecule has 1 N–H and O–H groups in total. The van der Waals surface area contributed by atoms with Crippen molar-refractivity contribution in [1.29, 1.82) is 0 Å². The molecule has 1 aliphatic rings. The molecule has 1 atom stereocenters. The summed E-state index contributed by atoms with van der Waals surface area (Å²) in [4.78, 5) is 25.8. The number of aryl methyl sites for hydroxylation is 1. The number of fused-ring (bicyclic) bond motifs is 1. The van der Waals surface area contributed by atoms with E-state index in [1.54, 1.807) is 6.33 Å². The van der Waals surface area contributed by atoms with Gasteiger partial charge in [0.25, 0.3) is 5.91 Å². The lowest BCUT2D eigenvalue weighted by molar-refractivity contribution is 0.102. The van der Waals surface area contributed by atoms with E-state index in [4.69, 9.17) is 11.6 Å². The summed E-state index contributed by atoms with van der Waals surface area (Å²) in [5.41, 5.74) is 0.768. The van der Waals surface area contributed by atoms with E-state index in [9.17, 15) is 9.18 Å². The first-order valence-corrected chi connectivity index (χ1v) is 10.4. The minimum absolute atomic E-state index is 0.246. The Bertz CT molecular complexity index is 1050. The van der Waals surface area contributed by atoms with Crippen LogP contribution in [0.15, 0.2) is 24.5 Å². The molecule has 0 aliphatic carbocycles. The van der Waals surface area contributed by atoms with Crippen molar-refractivity contribution in [2.75, 3.05) is 23.3 Å². The van der Waals surface area contributed by atoms with Crippen molar-refractivity contribution in [2.45, 2.75) is 26.7 Å². The first-order chi connectivity index (χ1) is 13.4. The number of benzene rings is 1. The fraction of sp³-hybridized carbons (Fsp3) is 0.350. The highest BCUT2D eigenvalue weighted by Gasteiger charge is 2.26. The van der Waals surface area contributed by atoms with E-state index < -0.39 is 5.82 Å². The Labute approximate surface area is 171 Å². The maximum Gasteiger partial charge on any atom is 0.257 e. The average Bonchev–Trinajstić information content (AvgIpc) is 3.00. The molecule has 8 heteroatoms. The molecule has 0 saturated carbocycles. The molecule has 3 aromatic rings. The predicted molar refractivity (Wildman–Crippen MR) is 112 cm³/mol. The van der Waals surface area contributed by atoms with Crippen LogP contribution in [-0.4, -0.2) is 29.0 Å². The normalized spacial score (nSPS) is 17.1. The Balaban J connectivity index is 1.77. The number of rotatable bonds is 3. The number of carbonyl (C=O) groups is 1. The third-order valence-electron chi connectivity index (χ3n) is 5.00. The topological polar surface area (TPSA) is 58.1 Å². The van der Waals surface area contributed by atoms with Gasteiger partial charge in [-0.1, -0.05) is 18.5 Å². The molecular weight excluding hydrogens is 399 g/mol. The van der Waals surface area contributed by atoms with E-state index in [0.29, 0.717) is 11.5 Å². The summed E-state index contributed by atoms with van der Waals surface area (Å²) in [5, 5.41) is 3.79. The molecule has 0 spiro atoms. The van der Waals surface area contributed by atoms with Crippen LogP contribution in [0.3, 0.4) is 0 Å². The zero-order chi connectivity index (χ0) is 19.8. The number of amides is 1. The molecule has 0 bridgehead atoms. The number of thiophene rings is 1. The van der Waals surface area contributed by atoms with Gasteiger partial charge in [0.15, 0.2) is 0 Å². The van der Waals surface area contributed by atoms with Crippen molar-refractivity contribution in [2.24, 2.45) is 5.92 Å². The number of anilines is 2. The number of piperidine rings is 1. The van der Waals surface area contributed by atoms with E-state index in [1.807, 2.05) is 6.92 Å². The van der Waals surface area contributed by atoms with Crippen LogP contribution < -0.4 is 10.2 Å². The van der Waals surface area contributed by atoms with Crippen LogP contribution >= 0.6 is 22.9 Å². The molecule has 1 fully saturated rings. The third kappa shape index (κ3) is 3.56. The van der Waals surface area contributed by atoms with E-state index >= 15 is 0 Å². The summed E-state index contributed by atoms with van der Waals surface area (Å²) in [6.07, 6.45) is 3.84. The molecule has 1 aliphatic heterocycles. The van der Waals surface area contributed by atoms with E-state index in [2.05, 4.69) is 27.1 Å². The first-order valence-electron chi connectivity index (χ1n) is 9.19. The fourth-order valence-electron chi connectivity index (χ4n) is 3.70. The molecule has 2 aromatic heterocycles. The van der Waals surface area contributed by atoms with Gasteiger partial charge in [-0.05, 0) is 43.9 Å². The standard InChI is InChI=1S/C20H20ClFN4OS/c1-11-4-3-7-26(9-11)18-17-16(12(2)28-20(17)24-10-23-18)19(27)25-15-8-13(22)5-6-14(15)21/h5-6,8,10-11H,3-4,7,9H2,1-2H3,(H,25,27). The van der Waals surface area contributed by atoms with Gasteiger partial charge in [0.2, 0.25) is 0 Å². The molecule has 5 nitrogen and oxygen atoms in total. The van der Waals surface area contributed by atoms with Gasteiger partial charge in [0.05, 0.1) is 21.7 Å². The highest BCUT2D eigenvalue weighted by Crippen LogP contribution is 2.37. The fourth-order valence-corrected chi connectivity index (χ4v) is 4.85. The number of hydrogen-bond donors (Lipinski definition) is 1. The number of nitrogens with one attached hydrogen (secondary N) is 1. The van der Waals surface area contributed by atoms with Crippen molar-refractivity contribution in [1.82, 2.24) is 9.97 Å². The molecule has 1 amide bonds. The molecule has 146 valence electrons. The molecule has 0 radical (unpaired) electrons. The van der Waals surface area contributed by atoms with Crippen molar-refractivity contribution in [3.63, 3.8) is 0 Å². The second-order valence-corrected chi connectivity index (χ2v) is 8.79. The molecule has 3 heterocycles. The third-order valence-corrected chi connectivity index (χ3v) is 6.35. The molecule has 1 unspecified atom stereocenters. The smallest absolute Gasteiger partial charge is 0.257 e. The number of carbonyl (C=O) groups excluding carboxylic acids is 1. The minimum Gasteiger partial charge on any atom is -0.356 e. The Morgan fingerprint density at radius 2 is 2.21 bits per heavy atom. The summed E-state index contributed by atoms with van der Waals surface area (Å²) in [7, 11) is 0. The molecule has 1 aromatic carbocycles. The number of aromatic nitrogens is 2. The molecule has 1 saturated heterocycles. The summed E-state index contributed by atoms with van der Waals surface area (Å²) in [5.74, 6) is 0.563. The molecule has 28 heavy (non-hydrogen) atoms. The molecule has 4 rings (SSSR count). The second kappa shape index (κ2) is 7.64. The van der Waals surface area contributed by atoms with Crippen LogP contribution in [0.1, 0.15) is 35.0 Å². The van der Waals surface area contributed by atoms with Gasteiger partial charge >= 0.3 is 0 Å². The number of halogens is 2. The Hall–Kier alpha value is -2.25. The van der Waals surface area contributed by atoms with Crippen LogP contribution in [0.2, 0.25) is 5.02 Å². The van der Waals surface area contributed by atoms with Crippen molar-refractivity contribution >= 4 is 50.6 Å². The van der Waals surface area contributed by atoms with Crippen LogP contribution in [0.5, 0.6) is 0 Å². The monoisotopic (exact) mass is 418 g/mol. The summed E-state index contributed by atoms with van der Waals surface area (Å²) >= 11 is 7.58. The van der Waals surface area contributed by atoms with E-state index in [-0.39, 0.29) is 16.6 Å². The molecular formula is C20H20ClFN4OS. The quantitative estimate of drug-likeness (QED) is 0.628. The van der Waals surface area contributed by atoms with Gasteiger partial charge in [-0.25, -0.2) is 14.4 Å². The maximum absolute atomic E-state index is 13.6. The maximum atomic E-state index is 13.6. The summed E-state index contributed by atoms with van der Waals surface area (Å²) in [6, 6.07) is 3.90. The summed E-state index contributed by atoms with van der Waals surface area (Å²) in [6.45, 7) is 5.92. The van der Waals surface area contributed by atoms with Gasteiger partial charge in [-0.2, -0.15) is 0 Å². The van der Waals surface area contributed by atoms with Gasteiger partial charge in [-0.15, -0.1) is 11.3 Å². The van der Waals surface area contributed by atoms with E-state index in [0.717, 1.165) is 40.4 Å². The van der Waals surface area contributed by atoms with Crippen LogP contribution in [0.4, 0.5) is 15.9 Å². The highest BCUT2D eigenvalue weighted by atomic mass is 35.5. The van der Waals surface area contributed by atoms with Crippen LogP contribution in [0, 0.1) is 18.7 Å². The number of hydrogen-bond acceptors (Lipinski definition) is 5. The Kier molecular flexibility index (Phi) is 5.21. The van der Waals surface area contributed by atoms with Crippen molar-refractivity contribution in [3.05, 3.63) is 45.8 Å². The second-order valence-electron chi connectivity index (χ2n) is 7.18. The first kappa shape index (κ1) is 19.1. The number of nitrogens with zero attached hydrogens (tertiary/aromatic N) is 3.